The number of fused-ring (bicyclic) bond motifs is 4. The van der Waals surface area contributed by atoms with Crippen LogP contribution in [0.1, 0.15) is 30.9 Å². The Hall–Kier alpha value is -3.99. The van der Waals surface area contributed by atoms with Crippen molar-refractivity contribution in [3.8, 4) is 17.1 Å². The van der Waals surface area contributed by atoms with Gasteiger partial charge in [-0.15, -0.1) is 0 Å². The van der Waals surface area contributed by atoms with Crippen molar-refractivity contribution in [2.24, 2.45) is 7.05 Å². The van der Waals surface area contributed by atoms with Crippen LogP contribution in [-0.4, -0.2) is 4.57 Å². The van der Waals surface area contributed by atoms with Crippen LogP contribution in [0.15, 0.2) is 77.2 Å². The van der Waals surface area contributed by atoms with E-state index in [1.54, 1.807) is 0 Å². The van der Waals surface area contributed by atoms with Crippen LogP contribution in [0.3, 0.4) is 0 Å². The highest BCUT2D eigenvalue weighted by Gasteiger charge is 2.29. The molecular weight excluding hydrogens is 442 g/mol. The minimum absolute atomic E-state index is 0.212. The number of nitrogens with zero attached hydrogens (tertiary/aromatic N) is 2. The first-order valence-electron chi connectivity index (χ1n) is 11.8. The van der Waals surface area contributed by atoms with Gasteiger partial charge in [-0.05, 0) is 48.7 Å². The number of para-hydroxylation sites is 3. The molecular formula is C30H25F2N2O+. The molecule has 6 aromatic rings. The summed E-state index contributed by atoms with van der Waals surface area (Å²) in [5.41, 5.74) is 7.23. The van der Waals surface area contributed by atoms with E-state index in [0.29, 0.717) is 22.3 Å². The van der Waals surface area contributed by atoms with Crippen molar-refractivity contribution in [1.82, 2.24) is 4.57 Å². The standard InChI is InChI=1S/C30H25F2N2O/c1-17(2)20-9-5-6-10-24(20)34-26-12-8-7-11-25(26)33(4)30(34)21-16-27-22(13-18(21)3)29-23(32)14-19(31)15-28(29)35-27/h5-17H,1-4H3/q+1. The predicted octanol–water partition coefficient (Wildman–Crippen LogP) is 7.73. The maximum atomic E-state index is 14.7. The third kappa shape index (κ3) is 3.18. The van der Waals surface area contributed by atoms with Gasteiger partial charge in [0, 0.05) is 23.1 Å². The van der Waals surface area contributed by atoms with Gasteiger partial charge in [0.05, 0.1) is 18.0 Å². The Bertz CT molecular complexity index is 1780. The molecule has 0 spiro atoms. The molecule has 4 aromatic carbocycles. The number of aromatic nitrogens is 2. The van der Waals surface area contributed by atoms with Crippen LogP contribution < -0.4 is 4.57 Å². The highest BCUT2D eigenvalue weighted by atomic mass is 19.1. The fourth-order valence-corrected chi connectivity index (χ4v) is 5.26. The summed E-state index contributed by atoms with van der Waals surface area (Å²) in [7, 11) is 2.06. The van der Waals surface area contributed by atoms with Crippen LogP contribution in [-0.2, 0) is 7.05 Å². The van der Waals surface area contributed by atoms with E-state index in [9.17, 15) is 8.78 Å². The van der Waals surface area contributed by atoms with Crippen molar-refractivity contribution in [3.05, 3.63) is 95.6 Å². The zero-order valence-electron chi connectivity index (χ0n) is 20.1. The first-order valence-corrected chi connectivity index (χ1v) is 11.8. The molecule has 5 heteroatoms. The molecule has 0 fully saturated rings. The van der Waals surface area contributed by atoms with Crippen molar-refractivity contribution in [2.45, 2.75) is 26.7 Å². The van der Waals surface area contributed by atoms with Gasteiger partial charge in [-0.3, -0.25) is 0 Å². The average Bonchev–Trinajstić information content (AvgIpc) is 3.33. The van der Waals surface area contributed by atoms with E-state index in [0.717, 1.165) is 39.7 Å². The van der Waals surface area contributed by atoms with E-state index < -0.39 is 11.6 Å². The lowest BCUT2D eigenvalue weighted by Crippen LogP contribution is -2.30. The summed E-state index contributed by atoms with van der Waals surface area (Å²) < 4.78 is 39.0. The fraction of sp³-hybridized carbons (Fsp3) is 0.167. The van der Waals surface area contributed by atoms with Gasteiger partial charge in [-0.1, -0.05) is 44.2 Å². The van der Waals surface area contributed by atoms with E-state index in [2.05, 4.69) is 66.4 Å². The Labute approximate surface area is 201 Å². The highest BCUT2D eigenvalue weighted by Crippen LogP contribution is 2.38. The SMILES string of the molecule is Cc1cc2c(cc1-c1n(-c3ccccc3C(C)C)c3ccccc3[n+]1C)oc1cc(F)cc(F)c12. The maximum absolute atomic E-state index is 14.7. The zero-order chi connectivity index (χ0) is 24.4. The number of hydrogen-bond acceptors (Lipinski definition) is 1. The first kappa shape index (κ1) is 21.5. The second-order valence-electron chi connectivity index (χ2n) is 9.45. The lowest BCUT2D eigenvalue weighted by molar-refractivity contribution is -0.633. The van der Waals surface area contributed by atoms with Crippen molar-refractivity contribution in [1.29, 1.82) is 0 Å². The van der Waals surface area contributed by atoms with E-state index in [1.165, 1.54) is 11.6 Å². The van der Waals surface area contributed by atoms with Crippen molar-refractivity contribution in [2.75, 3.05) is 0 Å². The zero-order valence-corrected chi connectivity index (χ0v) is 20.1. The van der Waals surface area contributed by atoms with E-state index in [4.69, 9.17) is 4.42 Å². The van der Waals surface area contributed by atoms with Gasteiger partial charge in [-0.2, -0.15) is 4.57 Å². The minimum atomic E-state index is -0.650. The molecule has 0 bridgehead atoms. The van der Waals surface area contributed by atoms with E-state index in [-0.39, 0.29) is 5.58 Å². The van der Waals surface area contributed by atoms with Gasteiger partial charge in [0.25, 0.3) is 5.82 Å². The molecule has 35 heavy (non-hydrogen) atoms. The quantitative estimate of drug-likeness (QED) is 0.244. The number of benzene rings is 4. The summed E-state index contributed by atoms with van der Waals surface area (Å²) in [5.74, 6) is 0.0624. The third-order valence-corrected chi connectivity index (χ3v) is 6.89. The monoisotopic (exact) mass is 467 g/mol. The van der Waals surface area contributed by atoms with Crippen LogP contribution in [0.4, 0.5) is 8.78 Å². The van der Waals surface area contributed by atoms with E-state index >= 15 is 0 Å². The molecule has 0 unspecified atom stereocenters. The van der Waals surface area contributed by atoms with Gasteiger partial charge >= 0.3 is 0 Å². The Morgan fingerprint density at radius 3 is 2.43 bits per heavy atom. The van der Waals surface area contributed by atoms with Gasteiger partial charge < -0.3 is 4.42 Å². The number of hydrogen-bond donors (Lipinski definition) is 0. The number of furan rings is 1. The smallest absolute Gasteiger partial charge is 0.295 e. The summed E-state index contributed by atoms with van der Waals surface area (Å²) in [5, 5.41) is 0.956. The summed E-state index contributed by atoms with van der Waals surface area (Å²) in [6.07, 6.45) is 0. The Morgan fingerprint density at radius 2 is 1.63 bits per heavy atom. The van der Waals surface area contributed by atoms with Gasteiger partial charge in [0.1, 0.15) is 28.5 Å². The molecule has 0 aliphatic carbocycles. The summed E-state index contributed by atoms with van der Waals surface area (Å²) in [6, 6.07) is 22.8. The van der Waals surface area contributed by atoms with Crippen molar-refractivity contribution in [3.63, 3.8) is 0 Å². The minimum Gasteiger partial charge on any atom is -0.456 e. The number of halogens is 2. The van der Waals surface area contributed by atoms with Gasteiger partial charge in [0.2, 0.25) is 0 Å². The van der Waals surface area contributed by atoms with Crippen LogP contribution >= 0.6 is 0 Å². The van der Waals surface area contributed by atoms with E-state index in [1.807, 2.05) is 31.2 Å². The molecule has 0 saturated heterocycles. The lowest BCUT2D eigenvalue weighted by atomic mass is 10.00. The lowest BCUT2D eigenvalue weighted by Gasteiger charge is -2.12. The molecule has 174 valence electrons. The molecule has 0 aliphatic rings. The Kier molecular flexibility index (Phi) is 4.78. The summed E-state index contributed by atoms with van der Waals surface area (Å²) >= 11 is 0. The van der Waals surface area contributed by atoms with Crippen LogP contribution in [0.25, 0.3) is 50.0 Å². The van der Waals surface area contributed by atoms with Gasteiger partial charge in [-0.25, -0.2) is 13.3 Å². The van der Waals surface area contributed by atoms with Crippen molar-refractivity contribution >= 4 is 33.0 Å². The predicted molar refractivity (Wildman–Crippen MR) is 136 cm³/mol. The second kappa shape index (κ2) is 7.77. The summed E-state index contributed by atoms with van der Waals surface area (Å²) in [4.78, 5) is 0. The number of aryl methyl sites for hydroxylation is 2. The highest BCUT2D eigenvalue weighted by molar-refractivity contribution is 6.06. The van der Waals surface area contributed by atoms with Crippen LogP contribution in [0.2, 0.25) is 0 Å². The van der Waals surface area contributed by atoms with Crippen molar-refractivity contribution < 1.29 is 17.8 Å². The Balaban J connectivity index is 1.73. The molecule has 2 heterocycles. The molecule has 0 N–H and O–H groups in total. The first-order chi connectivity index (χ1) is 16.8. The molecule has 3 nitrogen and oxygen atoms in total. The van der Waals surface area contributed by atoms with Crippen LogP contribution in [0.5, 0.6) is 0 Å². The second-order valence-corrected chi connectivity index (χ2v) is 9.45. The average molecular weight is 468 g/mol. The Morgan fingerprint density at radius 1 is 0.886 bits per heavy atom. The molecule has 6 rings (SSSR count). The number of imidazole rings is 1. The maximum Gasteiger partial charge on any atom is 0.295 e. The molecule has 0 aliphatic heterocycles. The largest absolute Gasteiger partial charge is 0.456 e. The van der Waals surface area contributed by atoms with Crippen LogP contribution in [0, 0.1) is 18.6 Å². The number of rotatable bonds is 3. The fourth-order valence-electron chi connectivity index (χ4n) is 5.26. The normalized spacial score (nSPS) is 12.0. The third-order valence-electron chi connectivity index (χ3n) is 6.89. The molecule has 2 aromatic heterocycles. The van der Waals surface area contributed by atoms with Gasteiger partial charge in [0.15, 0.2) is 11.0 Å². The topological polar surface area (TPSA) is 21.9 Å². The molecule has 0 saturated carbocycles. The molecule has 0 amide bonds. The summed E-state index contributed by atoms with van der Waals surface area (Å²) in [6.45, 7) is 6.42. The molecule has 0 atom stereocenters. The molecule has 0 radical (unpaired) electrons.